The van der Waals surface area contributed by atoms with Gasteiger partial charge in [0.25, 0.3) is 0 Å². The summed E-state index contributed by atoms with van der Waals surface area (Å²) in [7, 11) is 0. The highest BCUT2D eigenvalue weighted by atomic mass is 35.5. The molecule has 0 aromatic heterocycles. The lowest BCUT2D eigenvalue weighted by atomic mass is 9.98. The van der Waals surface area contributed by atoms with Gasteiger partial charge < -0.3 is 5.11 Å². The molecule has 1 unspecified atom stereocenters. The molecule has 4 heteroatoms. The number of hydrogen-bond donors (Lipinski definition) is 1. The number of halogens is 2. The molecule has 0 saturated carbocycles. The number of aliphatic hydroxyl groups is 1. The summed E-state index contributed by atoms with van der Waals surface area (Å²) in [5.41, 5.74) is -1.35. The van der Waals surface area contributed by atoms with Crippen LogP contribution in [0.3, 0.4) is 0 Å². The van der Waals surface area contributed by atoms with Crippen molar-refractivity contribution in [3.8, 4) is 6.07 Å². The molecule has 0 saturated heterocycles. The highest BCUT2D eigenvalue weighted by Gasteiger charge is 2.22. The average molecular weight is 200 g/mol. The van der Waals surface area contributed by atoms with Crippen LogP contribution in [-0.4, -0.2) is 5.11 Å². The number of hydrogen-bond acceptors (Lipinski definition) is 2. The molecule has 1 N–H and O–H groups in total. The number of benzene rings is 1. The van der Waals surface area contributed by atoms with E-state index in [1.54, 1.807) is 6.07 Å². The van der Waals surface area contributed by atoms with Crippen LogP contribution in [0.1, 0.15) is 12.5 Å². The average Bonchev–Trinajstić information content (AvgIpc) is 2.09. The van der Waals surface area contributed by atoms with Crippen LogP contribution < -0.4 is 0 Å². The van der Waals surface area contributed by atoms with Gasteiger partial charge in [-0.3, -0.25) is 0 Å². The van der Waals surface area contributed by atoms with Crippen molar-refractivity contribution in [3.63, 3.8) is 0 Å². The van der Waals surface area contributed by atoms with Crippen LogP contribution in [0.2, 0.25) is 5.02 Å². The second kappa shape index (κ2) is 3.33. The zero-order valence-electron chi connectivity index (χ0n) is 6.88. The topological polar surface area (TPSA) is 44.0 Å². The van der Waals surface area contributed by atoms with E-state index in [-0.39, 0.29) is 10.6 Å². The van der Waals surface area contributed by atoms with Gasteiger partial charge in [0.15, 0.2) is 5.60 Å². The van der Waals surface area contributed by atoms with Crippen molar-refractivity contribution in [3.05, 3.63) is 34.6 Å². The summed E-state index contributed by atoms with van der Waals surface area (Å²) in [5, 5.41) is 17.9. The van der Waals surface area contributed by atoms with E-state index in [9.17, 15) is 9.50 Å². The Balaban J connectivity index is 3.20. The fourth-order valence-electron chi connectivity index (χ4n) is 0.863. The van der Waals surface area contributed by atoms with Gasteiger partial charge in [0, 0.05) is 0 Å². The lowest BCUT2D eigenvalue weighted by Crippen LogP contribution is -2.17. The molecule has 68 valence electrons. The Labute approximate surface area is 80.2 Å². The number of nitriles is 1. The molecule has 1 aromatic carbocycles. The zero-order valence-corrected chi connectivity index (χ0v) is 7.64. The van der Waals surface area contributed by atoms with E-state index in [1.807, 2.05) is 0 Å². The van der Waals surface area contributed by atoms with Gasteiger partial charge in [0.05, 0.1) is 5.02 Å². The van der Waals surface area contributed by atoms with Gasteiger partial charge >= 0.3 is 0 Å². The van der Waals surface area contributed by atoms with Gasteiger partial charge in [-0.1, -0.05) is 17.7 Å². The Morgan fingerprint density at radius 1 is 1.62 bits per heavy atom. The lowest BCUT2D eigenvalue weighted by Gasteiger charge is -2.14. The molecular formula is C9H7ClFNO. The Morgan fingerprint density at radius 2 is 2.23 bits per heavy atom. The van der Waals surface area contributed by atoms with Crippen molar-refractivity contribution >= 4 is 11.6 Å². The van der Waals surface area contributed by atoms with E-state index in [2.05, 4.69) is 0 Å². The molecule has 0 bridgehead atoms. The van der Waals surface area contributed by atoms with E-state index in [0.29, 0.717) is 0 Å². The standard InChI is InChI=1S/C9H7ClFNO/c1-9(13,5-12)6-2-3-8(11)7(10)4-6/h2-4,13H,1H3. The van der Waals surface area contributed by atoms with Gasteiger partial charge in [-0.25, -0.2) is 4.39 Å². The van der Waals surface area contributed by atoms with Crippen molar-refractivity contribution in [2.24, 2.45) is 0 Å². The van der Waals surface area contributed by atoms with E-state index in [0.717, 1.165) is 6.07 Å². The van der Waals surface area contributed by atoms with Gasteiger partial charge in [0.1, 0.15) is 11.9 Å². The van der Waals surface area contributed by atoms with Crippen molar-refractivity contribution in [1.82, 2.24) is 0 Å². The molecular weight excluding hydrogens is 193 g/mol. The van der Waals surface area contributed by atoms with Gasteiger partial charge in [-0.2, -0.15) is 5.26 Å². The van der Waals surface area contributed by atoms with Crippen LogP contribution in [0.5, 0.6) is 0 Å². The van der Waals surface area contributed by atoms with E-state index < -0.39 is 11.4 Å². The van der Waals surface area contributed by atoms with Crippen molar-refractivity contribution in [2.75, 3.05) is 0 Å². The van der Waals surface area contributed by atoms with Crippen LogP contribution in [0.4, 0.5) is 4.39 Å². The first-order valence-corrected chi connectivity index (χ1v) is 3.94. The first-order chi connectivity index (χ1) is 5.97. The number of nitrogens with zero attached hydrogens (tertiary/aromatic N) is 1. The van der Waals surface area contributed by atoms with Crippen molar-refractivity contribution in [1.29, 1.82) is 5.26 Å². The first kappa shape index (κ1) is 9.97. The molecule has 13 heavy (non-hydrogen) atoms. The molecule has 0 amide bonds. The maximum atomic E-state index is 12.7. The summed E-state index contributed by atoms with van der Waals surface area (Å²) in [6, 6.07) is 5.35. The van der Waals surface area contributed by atoms with Crippen molar-refractivity contribution < 1.29 is 9.50 Å². The quantitative estimate of drug-likeness (QED) is 0.705. The highest BCUT2D eigenvalue weighted by molar-refractivity contribution is 6.30. The lowest BCUT2D eigenvalue weighted by molar-refractivity contribution is 0.119. The summed E-state index contributed by atoms with van der Waals surface area (Å²) in [5.74, 6) is -0.570. The minimum atomic E-state index is -1.63. The molecule has 0 heterocycles. The molecule has 1 aromatic rings. The molecule has 0 aliphatic carbocycles. The molecule has 1 rings (SSSR count). The monoisotopic (exact) mass is 199 g/mol. The highest BCUT2D eigenvalue weighted by Crippen LogP contribution is 2.24. The normalized spacial score (nSPS) is 14.7. The fraction of sp³-hybridized carbons (Fsp3) is 0.222. The third kappa shape index (κ3) is 1.97. The van der Waals surface area contributed by atoms with Crippen LogP contribution >= 0.6 is 11.6 Å². The molecule has 1 atom stereocenters. The summed E-state index contributed by atoms with van der Waals surface area (Å²) >= 11 is 5.48. The SMILES string of the molecule is CC(O)(C#N)c1ccc(F)c(Cl)c1. The van der Waals surface area contributed by atoms with Crippen LogP contribution in [-0.2, 0) is 5.60 Å². The Bertz CT molecular complexity index is 370. The second-order valence-electron chi connectivity index (χ2n) is 2.81. The van der Waals surface area contributed by atoms with Gasteiger partial charge in [0.2, 0.25) is 0 Å². The summed E-state index contributed by atoms with van der Waals surface area (Å²) in [4.78, 5) is 0. The molecule has 0 radical (unpaired) electrons. The molecule has 0 aliphatic rings. The first-order valence-electron chi connectivity index (χ1n) is 3.56. The third-order valence-electron chi connectivity index (χ3n) is 1.70. The predicted octanol–water partition coefficient (Wildman–Crippen LogP) is 2.21. The maximum absolute atomic E-state index is 12.7. The van der Waals surface area contributed by atoms with E-state index in [1.165, 1.54) is 19.1 Å². The predicted molar refractivity (Wildman–Crippen MR) is 46.6 cm³/mol. The Hall–Kier alpha value is -1.11. The largest absolute Gasteiger partial charge is 0.372 e. The van der Waals surface area contributed by atoms with Crippen LogP contribution in [0.25, 0.3) is 0 Å². The summed E-state index contributed by atoms with van der Waals surface area (Å²) in [6.07, 6.45) is 0. The minimum absolute atomic E-state index is 0.104. The third-order valence-corrected chi connectivity index (χ3v) is 1.99. The van der Waals surface area contributed by atoms with Crippen molar-refractivity contribution in [2.45, 2.75) is 12.5 Å². The van der Waals surface area contributed by atoms with Crippen LogP contribution in [0.15, 0.2) is 18.2 Å². The number of rotatable bonds is 1. The molecule has 0 spiro atoms. The zero-order chi connectivity index (χ0) is 10.1. The molecule has 0 fully saturated rings. The van der Waals surface area contributed by atoms with E-state index in [4.69, 9.17) is 16.9 Å². The maximum Gasteiger partial charge on any atom is 0.173 e. The smallest absolute Gasteiger partial charge is 0.173 e. The molecule has 2 nitrogen and oxygen atoms in total. The second-order valence-corrected chi connectivity index (χ2v) is 3.22. The van der Waals surface area contributed by atoms with Gasteiger partial charge in [-0.05, 0) is 24.6 Å². The van der Waals surface area contributed by atoms with Crippen LogP contribution in [0, 0.1) is 17.1 Å². The molecule has 0 aliphatic heterocycles. The van der Waals surface area contributed by atoms with E-state index >= 15 is 0 Å². The Kier molecular flexibility index (Phi) is 2.55. The fourth-order valence-corrected chi connectivity index (χ4v) is 1.04. The summed E-state index contributed by atoms with van der Waals surface area (Å²) < 4.78 is 12.7. The minimum Gasteiger partial charge on any atom is -0.372 e. The summed E-state index contributed by atoms with van der Waals surface area (Å²) in [6.45, 7) is 1.32. The Morgan fingerprint density at radius 3 is 2.69 bits per heavy atom. The van der Waals surface area contributed by atoms with Gasteiger partial charge in [-0.15, -0.1) is 0 Å².